The third-order valence-electron chi connectivity index (χ3n) is 11.7. The zero-order valence-electron chi connectivity index (χ0n) is 46.5. The van der Waals surface area contributed by atoms with E-state index in [2.05, 4.69) is 31.9 Å². The van der Waals surface area contributed by atoms with Gasteiger partial charge in [0.2, 0.25) is 65.0 Å². The van der Waals surface area contributed by atoms with Crippen molar-refractivity contribution in [2.45, 2.75) is 127 Å². The number of nitrogens with two attached hydrogens (primary N) is 1. The molecule has 2 aromatic carbocycles. The highest BCUT2D eigenvalue weighted by molar-refractivity contribution is 6.00. The van der Waals surface area contributed by atoms with Crippen LogP contribution in [0.2, 0.25) is 0 Å². The molecular formula is C52H70N12O21. The van der Waals surface area contributed by atoms with E-state index in [0.29, 0.717) is 11.1 Å². The quantitative estimate of drug-likeness (QED) is 0.0298. The van der Waals surface area contributed by atoms with Crippen LogP contribution < -0.4 is 64.2 Å². The zero-order valence-corrected chi connectivity index (χ0v) is 46.5. The van der Waals surface area contributed by atoms with Gasteiger partial charge in [0.05, 0.1) is 57.8 Å². The van der Waals surface area contributed by atoms with Crippen molar-refractivity contribution < 1.29 is 102 Å². The Morgan fingerprint density at radius 3 is 1.01 bits per heavy atom. The van der Waals surface area contributed by atoms with Crippen molar-refractivity contribution in [1.29, 1.82) is 0 Å². The number of aliphatic carboxylic acids is 5. The van der Waals surface area contributed by atoms with Gasteiger partial charge in [0.1, 0.15) is 42.3 Å². The largest absolute Gasteiger partial charge is 0.481 e. The highest BCUT2D eigenvalue weighted by Crippen LogP contribution is 2.11. The van der Waals surface area contributed by atoms with Gasteiger partial charge < -0.3 is 89.8 Å². The van der Waals surface area contributed by atoms with Gasteiger partial charge in [0, 0.05) is 18.9 Å². The van der Waals surface area contributed by atoms with E-state index < -0.39 is 207 Å². The van der Waals surface area contributed by atoms with Crippen molar-refractivity contribution in [2.75, 3.05) is 19.6 Å². The first kappa shape index (κ1) is 71.0. The Morgan fingerprint density at radius 2 is 0.659 bits per heavy atom. The molecule has 85 heavy (non-hydrogen) atoms. The second kappa shape index (κ2) is 35.7. The summed E-state index contributed by atoms with van der Waals surface area (Å²) in [5.41, 5.74) is 6.51. The summed E-state index contributed by atoms with van der Waals surface area (Å²) in [6.45, 7) is 3.63. The number of carbonyl (C=O) groups is 16. The number of primary amides is 1. The first-order valence-corrected chi connectivity index (χ1v) is 26.0. The van der Waals surface area contributed by atoms with Gasteiger partial charge in [-0.3, -0.25) is 76.7 Å². The summed E-state index contributed by atoms with van der Waals surface area (Å²) in [6.07, 6.45) is -5.90. The Bertz CT molecular complexity index is 2770. The molecule has 8 unspecified atom stereocenters. The van der Waals surface area contributed by atoms with Crippen LogP contribution in [0.5, 0.6) is 0 Å². The van der Waals surface area contributed by atoms with Crippen LogP contribution in [0.25, 0.3) is 0 Å². The van der Waals surface area contributed by atoms with Crippen molar-refractivity contribution in [3.63, 3.8) is 0 Å². The maximum absolute atomic E-state index is 14.2. The van der Waals surface area contributed by atoms with E-state index in [-0.39, 0.29) is 12.8 Å². The second-order valence-corrected chi connectivity index (χ2v) is 19.6. The average Bonchev–Trinajstić information content (AvgIpc) is 3.43. The van der Waals surface area contributed by atoms with Crippen molar-refractivity contribution >= 4 is 94.8 Å². The molecule has 0 bridgehead atoms. The lowest BCUT2D eigenvalue weighted by atomic mass is 10.00. The molecule has 0 saturated heterocycles. The second-order valence-electron chi connectivity index (χ2n) is 19.6. The fraction of sp³-hybridized carbons (Fsp3) is 0.462. The summed E-state index contributed by atoms with van der Waals surface area (Å²) < 4.78 is 0. The minimum absolute atomic E-state index is 0.142. The predicted octanol–water partition coefficient (Wildman–Crippen LogP) is -5.90. The molecule has 2 aromatic rings. The van der Waals surface area contributed by atoms with Gasteiger partial charge in [-0.2, -0.15) is 0 Å². The van der Waals surface area contributed by atoms with Gasteiger partial charge in [-0.25, -0.2) is 0 Å². The van der Waals surface area contributed by atoms with Crippen molar-refractivity contribution in [1.82, 2.24) is 58.5 Å². The molecule has 0 spiro atoms. The summed E-state index contributed by atoms with van der Waals surface area (Å²) in [5.74, 6) is -21.4. The summed E-state index contributed by atoms with van der Waals surface area (Å²) in [4.78, 5) is 203. The lowest BCUT2D eigenvalue weighted by Crippen LogP contribution is -2.61. The molecule has 464 valence electrons. The fourth-order valence-electron chi connectivity index (χ4n) is 7.66. The van der Waals surface area contributed by atoms with Crippen LogP contribution in [0.1, 0.15) is 70.9 Å². The molecular weight excluding hydrogens is 1130 g/mol. The van der Waals surface area contributed by atoms with Crippen LogP contribution in [0, 0.1) is 5.92 Å². The molecule has 0 aliphatic carbocycles. The minimum atomic E-state index is -2.23. The molecule has 0 fully saturated rings. The van der Waals surface area contributed by atoms with Crippen molar-refractivity contribution in [3.05, 3.63) is 71.8 Å². The third-order valence-corrected chi connectivity index (χ3v) is 11.7. The lowest BCUT2D eigenvalue weighted by Gasteiger charge is -2.27. The van der Waals surface area contributed by atoms with Gasteiger partial charge in [0.25, 0.3) is 0 Å². The SMILES string of the molecule is CC(C)NC(CC(=O)O)C(=O)NC(CC(=O)O)C(=O)NCC(=O)NCC(=O)NCC(=O)NC(CC(=O)O)C(=O)NC(CC(=O)O)C(=O)NC(CC(=O)O)C(=O)NC(Cc1ccccc1)C(=O)NC(Cc1ccccc1)C(=O)NC(C(N)=O)C(C)C. The normalized spacial score (nSPS) is 13.6. The van der Waals surface area contributed by atoms with Crippen LogP contribution in [-0.4, -0.2) is 194 Å². The van der Waals surface area contributed by atoms with Gasteiger partial charge in [-0.1, -0.05) is 88.4 Å². The van der Waals surface area contributed by atoms with E-state index in [9.17, 15) is 97.1 Å². The zero-order chi connectivity index (χ0) is 64.1. The van der Waals surface area contributed by atoms with E-state index in [1.54, 1.807) is 88.4 Å². The van der Waals surface area contributed by atoms with Gasteiger partial charge >= 0.3 is 29.8 Å². The minimum Gasteiger partial charge on any atom is -0.481 e. The van der Waals surface area contributed by atoms with E-state index in [1.165, 1.54) is 0 Å². The monoisotopic (exact) mass is 1200 g/mol. The maximum atomic E-state index is 14.2. The Morgan fingerprint density at radius 1 is 0.365 bits per heavy atom. The first-order chi connectivity index (χ1) is 39.8. The standard InChI is InChI=1S/C52H70N12O21/c1-25(2)44(45(53)78)64-52(85)30(16-28-13-9-6-10-14-28)60-47(80)29(15-27-11-7-5-8-12-27)59-50(83)34(20-42(74)75)63-51(84)35(21-43(76)77)62-49(82)33(19-41(72)73)58-38(67)24-55-36(65)22-54-37(66)23-56-46(79)31(17-39(68)69)61-48(81)32(18-40(70)71)57-26(3)4/h5-14,25-26,29-35,44,57H,15-24H2,1-4H3,(H2,53,78)(H,54,66)(H,55,65)(H,56,79)(H,58,67)(H,59,83)(H,60,80)(H,61,81)(H,62,82)(H,63,84)(H,64,85)(H,68,69)(H,70,71)(H,72,73)(H,74,75)(H,76,77). The van der Waals surface area contributed by atoms with Gasteiger partial charge in [0.15, 0.2) is 0 Å². The summed E-state index contributed by atoms with van der Waals surface area (Å²) >= 11 is 0. The Labute approximate surface area is 484 Å². The van der Waals surface area contributed by atoms with Crippen LogP contribution in [0.3, 0.4) is 0 Å². The molecule has 0 saturated carbocycles. The number of carboxylic acid groups (broad SMARTS) is 5. The molecule has 2 rings (SSSR count). The molecule has 11 amide bonds. The molecule has 0 radical (unpaired) electrons. The van der Waals surface area contributed by atoms with Crippen LogP contribution in [0.15, 0.2) is 60.7 Å². The van der Waals surface area contributed by atoms with Crippen LogP contribution in [-0.2, 0) is 89.6 Å². The predicted molar refractivity (Wildman–Crippen MR) is 290 cm³/mol. The Balaban J connectivity index is 2.22. The molecule has 0 aliphatic heterocycles. The number of amides is 11. The summed E-state index contributed by atoms with van der Waals surface area (Å²) in [7, 11) is 0. The molecule has 33 heteroatoms. The highest BCUT2D eigenvalue weighted by atomic mass is 16.4. The number of benzene rings is 2. The first-order valence-electron chi connectivity index (χ1n) is 26.0. The van der Waals surface area contributed by atoms with E-state index in [0.717, 1.165) is 0 Å². The lowest BCUT2D eigenvalue weighted by molar-refractivity contribution is -0.144. The molecule has 18 N–H and O–H groups in total. The molecule has 0 heterocycles. The van der Waals surface area contributed by atoms with E-state index in [1.807, 2.05) is 26.6 Å². The Hall–Kier alpha value is -10.1. The number of nitrogens with one attached hydrogen (secondary N) is 11. The van der Waals surface area contributed by atoms with Crippen LogP contribution in [0.4, 0.5) is 0 Å². The van der Waals surface area contributed by atoms with E-state index >= 15 is 0 Å². The number of carbonyl (C=O) groups excluding carboxylic acids is 11. The number of carboxylic acids is 5. The molecule has 33 nitrogen and oxygen atoms in total. The number of hydrogen-bond acceptors (Lipinski definition) is 17. The number of hydrogen-bond donors (Lipinski definition) is 17. The fourth-order valence-corrected chi connectivity index (χ4v) is 7.66. The smallest absolute Gasteiger partial charge is 0.305 e. The van der Waals surface area contributed by atoms with Gasteiger partial charge in [-0.05, 0) is 17.0 Å². The Kier molecular flexibility index (Phi) is 29.8. The molecule has 0 aromatic heterocycles. The highest BCUT2D eigenvalue weighted by Gasteiger charge is 2.36. The molecule has 0 aliphatic rings. The van der Waals surface area contributed by atoms with Crippen molar-refractivity contribution in [3.8, 4) is 0 Å². The average molecular weight is 1200 g/mol. The molecule has 8 atom stereocenters. The summed E-state index contributed by atoms with van der Waals surface area (Å²) in [6, 6.07) is 2.03. The summed E-state index contributed by atoms with van der Waals surface area (Å²) in [5, 5.41) is 71.7. The maximum Gasteiger partial charge on any atom is 0.305 e. The number of rotatable bonds is 38. The topological polar surface area (TPSA) is 533 Å². The third kappa shape index (κ3) is 28.0. The van der Waals surface area contributed by atoms with Crippen molar-refractivity contribution in [2.24, 2.45) is 11.7 Å². The van der Waals surface area contributed by atoms with E-state index in [4.69, 9.17) is 10.8 Å². The van der Waals surface area contributed by atoms with Gasteiger partial charge in [-0.15, -0.1) is 0 Å². The van der Waals surface area contributed by atoms with Crippen LogP contribution >= 0.6 is 0 Å².